The summed E-state index contributed by atoms with van der Waals surface area (Å²) in [6, 6.07) is 6.26. The van der Waals surface area contributed by atoms with Gasteiger partial charge in [-0.1, -0.05) is 32.0 Å². The molecule has 0 aliphatic carbocycles. The van der Waals surface area contributed by atoms with Gasteiger partial charge in [-0.15, -0.1) is 0 Å². The molecule has 2 rings (SSSR count). The lowest BCUT2D eigenvalue weighted by Crippen LogP contribution is -1.95. The number of benzene rings is 1. The van der Waals surface area contributed by atoms with E-state index >= 15 is 0 Å². The largest absolute Gasteiger partial charge is 0.158 e. The van der Waals surface area contributed by atoms with Crippen molar-refractivity contribution in [3.05, 3.63) is 35.5 Å². The molecule has 0 atom stereocenters. The minimum atomic E-state index is 0.495. The predicted octanol–water partition coefficient (Wildman–Crippen LogP) is 3.06. The molecule has 14 heavy (non-hydrogen) atoms. The lowest BCUT2D eigenvalue weighted by atomic mass is 9.99. The van der Waals surface area contributed by atoms with Crippen LogP contribution in [0.4, 0.5) is 0 Å². The minimum Gasteiger partial charge on any atom is -0.158 e. The predicted molar refractivity (Wildman–Crippen MR) is 58.4 cm³/mol. The van der Waals surface area contributed by atoms with Gasteiger partial charge in [0.25, 0.3) is 0 Å². The van der Waals surface area contributed by atoms with Gasteiger partial charge < -0.3 is 0 Å². The van der Waals surface area contributed by atoms with Gasteiger partial charge in [-0.2, -0.15) is 10.2 Å². The van der Waals surface area contributed by atoms with Crippen LogP contribution in [0.5, 0.6) is 0 Å². The van der Waals surface area contributed by atoms with Crippen LogP contribution in [0.15, 0.2) is 24.4 Å². The van der Waals surface area contributed by atoms with Crippen molar-refractivity contribution in [2.45, 2.75) is 26.7 Å². The highest BCUT2D eigenvalue weighted by Gasteiger charge is 2.07. The fraction of sp³-hybridized carbons (Fsp3) is 0.333. The SMILES string of the molecule is Cc1cccc2c(C(C)C)cnnc12. The monoisotopic (exact) mass is 186 g/mol. The van der Waals surface area contributed by atoms with Gasteiger partial charge in [0.05, 0.1) is 11.7 Å². The molecule has 72 valence electrons. The molecule has 1 heterocycles. The summed E-state index contributed by atoms with van der Waals surface area (Å²) in [5.74, 6) is 0.495. The Labute approximate surface area is 84.0 Å². The molecule has 0 saturated carbocycles. The smallest absolute Gasteiger partial charge is 0.0961 e. The van der Waals surface area contributed by atoms with Gasteiger partial charge >= 0.3 is 0 Å². The third-order valence-corrected chi connectivity index (χ3v) is 2.53. The Hall–Kier alpha value is -1.44. The molecule has 0 aliphatic heterocycles. The maximum Gasteiger partial charge on any atom is 0.0961 e. The highest BCUT2D eigenvalue weighted by Crippen LogP contribution is 2.24. The van der Waals surface area contributed by atoms with E-state index < -0.39 is 0 Å². The zero-order valence-corrected chi connectivity index (χ0v) is 8.78. The summed E-state index contributed by atoms with van der Waals surface area (Å²) >= 11 is 0. The van der Waals surface area contributed by atoms with Gasteiger partial charge in [0.15, 0.2) is 0 Å². The Morgan fingerprint density at radius 2 is 2.00 bits per heavy atom. The maximum absolute atomic E-state index is 4.17. The highest BCUT2D eigenvalue weighted by atomic mass is 15.1. The molecule has 0 radical (unpaired) electrons. The molecular weight excluding hydrogens is 172 g/mol. The van der Waals surface area contributed by atoms with Crippen LogP contribution in [0.2, 0.25) is 0 Å². The Morgan fingerprint density at radius 1 is 1.21 bits per heavy atom. The third-order valence-electron chi connectivity index (χ3n) is 2.53. The number of rotatable bonds is 1. The van der Waals surface area contributed by atoms with Crippen LogP contribution in [0.1, 0.15) is 30.9 Å². The number of aryl methyl sites for hydroxylation is 1. The van der Waals surface area contributed by atoms with Crippen molar-refractivity contribution < 1.29 is 0 Å². The Morgan fingerprint density at radius 3 is 2.71 bits per heavy atom. The van der Waals surface area contributed by atoms with Gasteiger partial charge in [0, 0.05) is 5.39 Å². The Kier molecular flexibility index (Phi) is 2.20. The van der Waals surface area contributed by atoms with Crippen LogP contribution >= 0.6 is 0 Å². The van der Waals surface area contributed by atoms with E-state index in [4.69, 9.17) is 0 Å². The third kappa shape index (κ3) is 1.37. The van der Waals surface area contributed by atoms with Crippen molar-refractivity contribution in [3.63, 3.8) is 0 Å². The van der Waals surface area contributed by atoms with E-state index in [-0.39, 0.29) is 0 Å². The lowest BCUT2D eigenvalue weighted by molar-refractivity contribution is 0.857. The summed E-state index contributed by atoms with van der Waals surface area (Å²) in [6.07, 6.45) is 1.87. The summed E-state index contributed by atoms with van der Waals surface area (Å²) in [4.78, 5) is 0. The van der Waals surface area contributed by atoms with Crippen LogP contribution in [0, 0.1) is 6.92 Å². The van der Waals surface area contributed by atoms with E-state index in [0.717, 1.165) is 5.52 Å². The average molecular weight is 186 g/mol. The fourth-order valence-electron chi connectivity index (χ4n) is 1.70. The van der Waals surface area contributed by atoms with Gasteiger partial charge in [-0.25, -0.2) is 0 Å². The molecule has 0 bridgehead atoms. The van der Waals surface area contributed by atoms with Crippen molar-refractivity contribution in [2.75, 3.05) is 0 Å². The summed E-state index contributed by atoms with van der Waals surface area (Å²) in [6.45, 7) is 6.43. The van der Waals surface area contributed by atoms with Crippen molar-refractivity contribution >= 4 is 10.9 Å². The highest BCUT2D eigenvalue weighted by molar-refractivity contribution is 5.84. The zero-order valence-electron chi connectivity index (χ0n) is 8.78. The Bertz CT molecular complexity index is 461. The van der Waals surface area contributed by atoms with Gasteiger partial charge in [0.2, 0.25) is 0 Å². The molecule has 2 nitrogen and oxygen atoms in total. The number of hydrogen-bond donors (Lipinski definition) is 0. The van der Waals surface area contributed by atoms with Gasteiger partial charge in [0.1, 0.15) is 0 Å². The van der Waals surface area contributed by atoms with Crippen LogP contribution in [0.3, 0.4) is 0 Å². The van der Waals surface area contributed by atoms with Crippen LogP contribution in [-0.4, -0.2) is 10.2 Å². The summed E-state index contributed by atoms with van der Waals surface area (Å²) < 4.78 is 0. The van der Waals surface area contributed by atoms with Crippen LogP contribution < -0.4 is 0 Å². The van der Waals surface area contributed by atoms with Crippen molar-refractivity contribution in [1.82, 2.24) is 10.2 Å². The Balaban J connectivity index is 2.81. The van der Waals surface area contributed by atoms with Gasteiger partial charge in [-0.05, 0) is 24.0 Å². The summed E-state index contributed by atoms with van der Waals surface area (Å²) in [5.41, 5.74) is 3.50. The van der Waals surface area contributed by atoms with Crippen LogP contribution in [0.25, 0.3) is 10.9 Å². The van der Waals surface area contributed by atoms with Crippen LogP contribution in [-0.2, 0) is 0 Å². The molecule has 1 aromatic heterocycles. The summed E-state index contributed by atoms with van der Waals surface area (Å²) in [5, 5.41) is 9.45. The van der Waals surface area contributed by atoms with E-state index in [0.29, 0.717) is 5.92 Å². The standard InChI is InChI=1S/C12H14N2/c1-8(2)11-7-13-14-12-9(3)5-4-6-10(11)12/h4-8H,1-3H3. The molecule has 0 amide bonds. The molecular formula is C12H14N2. The van der Waals surface area contributed by atoms with Crippen molar-refractivity contribution in [3.8, 4) is 0 Å². The molecule has 2 heteroatoms. The summed E-state index contributed by atoms with van der Waals surface area (Å²) in [7, 11) is 0. The second kappa shape index (κ2) is 3.37. The quantitative estimate of drug-likeness (QED) is 0.684. The van der Waals surface area contributed by atoms with E-state index in [1.807, 2.05) is 6.20 Å². The van der Waals surface area contributed by atoms with E-state index in [2.05, 4.69) is 49.2 Å². The number of fused-ring (bicyclic) bond motifs is 1. The van der Waals surface area contributed by atoms with Crippen molar-refractivity contribution in [1.29, 1.82) is 0 Å². The topological polar surface area (TPSA) is 25.8 Å². The molecule has 0 aliphatic rings. The van der Waals surface area contributed by atoms with E-state index in [1.165, 1.54) is 16.5 Å². The second-order valence-corrected chi connectivity index (χ2v) is 3.93. The molecule has 0 fully saturated rings. The molecule has 0 saturated heterocycles. The average Bonchev–Trinajstić information content (AvgIpc) is 2.17. The van der Waals surface area contributed by atoms with Gasteiger partial charge in [-0.3, -0.25) is 0 Å². The zero-order chi connectivity index (χ0) is 10.1. The molecule has 0 N–H and O–H groups in total. The normalized spacial score (nSPS) is 11.1. The first kappa shape index (κ1) is 9.13. The molecule has 0 unspecified atom stereocenters. The molecule has 2 aromatic rings. The second-order valence-electron chi connectivity index (χ2n) is 3.93. The van der Waals surface area contributed by atoms with Crippen molar-refractivity contribution in [2.24, 2.45) is 0 Å². The maximum atomic E-state index is 4.17. The number of aromatic nitrogens is 2. The van der Waals surface area contributed by atoms with E-state index in [1.54, 1.807) is 0 Å². The first-order valence-electron chi connectivity index (χ1n) is 4.91. The lowest BCUT2D eigenvalue weighted by Gasteiger charge is -2.08. The van der Waals surface area contributed by atoms with E-state index in [9.17, 15) is 0 Å². The fourth-order valence-corrected chi connectivity index (χ4v) is 1.70. The number of nitrogens with zero attached hydrogens (tertiary/aromatic N) is 2. The first-order valence-corrected chi connectivity index (χ1v) is 4.91. The first-order chi connectivity index (χ1) is 6.70. The number of hydrogen-bond acceptors (Lipinski definition) is 2. The molecule has 0 spiro atoms. The minimum absolute atomic E-state index is 0.495. The molecule has 1 aromatic carbocycles.